The fourth-order valence-corrected chi connectivity index (χ4v) is 5.38. The number of likely N-dealkylation sites (tertiary alicyclic amines) is 1. The van der Waals surface area contributed by atoms with Gasteiger partial charge in [-0.3, -0.25) is 10.2 Å². The van der Waals surface area contributed by atoms with Crippen LogP contribution in [-0.4, -0.2) is 63.2 Å². The first-order valence-corrected chi connectivity index (χ1v) is 10.4. The minimum Gasteiger partial charge on any atom is -0.312 e. The molecule has 0 radical (unpaired) electrons. The summed E-state index contributed by atoms with van der Waals surface area (Å²) in [6, 6.07) is 0.505. The third-order valence-electron chi connectivity index (χ3n) is 5.58. The highest BCUT2D eigenvalue weighted by atomic mass is 32.2. The standard InChI is InChI=1S/C15H29N3O2S/c1-21(19,20)13-6-4-12(5-7-13)14-10-16-11-15(17-14)18-8-2-3-9-18/h12-17H,2-11H2,1H3. The molecule has 1 saturated carbocycles. The summed E-state index contributed by atoms with van der Waals surface area (Å²) in [7, 11) is -2.85. The van der Waals surface area contributed by atoms with Gasteiger partial charge in [0, 0.05) is 25.4 Å². The van der Waals surface area contributed by atoms with E-state index in [1.54, 1.807) is 0 Å². The largest absolute Gasteiger partial charge is 0.312 e. The first-order chi connectivity index (χ1) is 10.0. The molecular formula is C15H29N3O2S. The average molecular weight is 315 g/mol. The maximum Gasteiger partial charge on any atom is 0.150 e. The Morgan fingerprint density at radius 2 is 1.67 bits per heavy atom. The fraction of sp³-hybridized carbons (Fsp3) is 1.00. The van der Waals surface area contributed by atoms with Crippen LogP contribution in [0.5, 0.6) is 0 Å². The topological polar surface area (TPSA) is 61.4 Å². The summed E-state index contributed by atoms with van der Waals surface area (Å²) in [5.41, 5.74) is 0. The van der Waals surface area contributed by atoms with E-state index in [1.165, 1.54) is 32.2 Å². The summed E-state index contributed by atoms with van der Waals surface area (Å²) in [6.07, 6.45) is 8.28. The number of piperazine rings is 1. The lowest BCUT2D eigenvalue weighted by Gasteiger charge is -2.42. The van der Waals surface area contributed by atoms with Gasteiger partial charge in [0.25, 0.3) is 0 Å². The third-order valence-corrected chi connectivity index (χ3v) is 7.27. The second-order valence-electron chi connectivity index (χ2n) is 7.06. The number of rotatable bonds is 3. The van der Waals surface area contributed by atoms with Crippen LogP contribution in [0.25, 0.3) is 0 Å². The van der Waals surface area contributed by atoms with Crippen molar-refractivity contribution < 1.29 is 8.42 Å². The summed E-state index contributed by atoms with van der Waals surface area (Å²) in [5, 5.41) is 7.31. The van der Waals surface area contributed by atoms with E-state index < -0.39 is 9.84 Å². The molecule has 2 N–H and O–H groups in total. The van der Waals surface area contributed by atoms with E-state index in [9.17, 15) is 8.42 Å². The average Bonchev–Trinajstić information content (AvgIpc) is 3.01. The van der Waals surface area contributed by atoms with Crippen LogP contribution in [-0.2, 0) is 9.84 Å². The van der Waals surface area contributed by atoms with Crippen LogP contribution < -0.4 is 10.6 Å². The smallest absolute Gasteiger partial charge is 0.150 e. The van der Waals surface area contributed by atoms with Crippen molar-refractivity contribution in [3.05, 3.63) is 0 Å². The second-order valence-corrected chi connectivity index (χ2v) is 9.38. The van der Waals surface area contributed by atoms with Crippen LogP contribution in [0.15, 0.2) is 0 Å². The predicted octanol–water partition coefficient (Wildman–Crippen LogP) is 0.573. The highest BCUT2D eigenvalue weighted by Gasteiger charge is 2.35. The van der Waals surface area contributed by atoms with E-state index in [4.69, 9.17) is 0 Å². The lowest BCUT2D eigenvalue weighted by Crippen LogP contribution is -2.63. The van der Waals surface area contributed by atoms with E-state index in [0.717, 1.165) is 38.8 Å². The van der Waals surface area contributed by atoms with Crippen molar-refractivity contribution in [3.63, 3.8) is 0 Å². The van der Waals surface area contributed by atoms with Crippen molar-refractivity contribution in [2.24, 2.45) is 5.92 Å². The van der Waals surface area contributed by atoms with Gasteiger partial charge in [0.05, 0.1) is 11.4 Å². The molecule has 21 heavy (non-hydrogen) atoms. The number of hydrogen-bond acceptors (Lipinski definition) is 5. The van der Waals surface area contributed by atoms with Crippen LogP contribution >= 0.6 is 0 Å². The van der Waals surface area contributed by atoms with E-state index in [0.29, 0.717) is 18.1 Å². The SMILES string of the molecule is CS(=O)(=O)C1CCC(C2CNCC(N3CCCC3)N2)CC1. The van der Waals surface area contributed by atoms with Crippen molar-refractivity contribution in [3.8, 4) is 0 Å². The second kappa shape index (κ2) is 6.52. The Balaban J connectivity index is 1.53. The fourth-order valence-electron chi connectivity index (χ4n) is 4.25. The number of nitrogens with zero attached hydrogens (tertiary/aromatic N) is 1. The van der Waals surface area contributed by atoms with Crippen LogP contribution in [0, 0.1) is 5.92 Å². The van der Waals surface area contributed by atoms with Crippen LogP contribution in [0.2, 0.25) is 0 Å². The molecule has 0 aromatic carbocycles. The minimum absolute atomic E-state index is 0.0975. The van der Waals surface area contributed by atoms with Gasteiger partial charge in [-0.15, -0.1) is 0 Å². The molecule has 2 heterocycles. The Hall–Kier alpha value is -0.170. The van der Waals surface area contributed by atoms with Crippen LogP contribution in [0.1, 0.15) is 38.5 Å². The Morgan fingerprint density at radius 3 is 2.29 bits per heavy atom. The van der Waals surface area contributed by atoms with Gasteiger partial charge in [-0.05, 0) is 57.5 Å². The third kappa shape index (κ3) is 3.78. The summed E-state index contributed by atoms with van der Waals surface area (Å²) in [4.78, 5) is 2.56. The molecule has 3 fully saturated rings. The molecule has 3 rings (SSSR count). The van der Waals surface area contributed by atoms with Gasteiger partial charge in [-0.2, -0.15) is 0 Å². The maximum absolute atomic E-state index is 11.7. The molecule has 2 aliphatic heterocycles. The highest BCUT2D eigenvalue weighted by molar-refractivity contribution is 7.91. The Kier molecular flexibility index (Phi) is 4.88. The first kappa shape index (κ1) is 15.7. The van der Waals surface area contributed by atoms with E-state index >= 15 is 0 Å². The quantitative estimate of drug-likeness (QED) is 0.797. The number of sulfone groups is 1. The molecule has 0 amide bonds. The summed E-state index contributed by atoms with van der Waals surface area (Å²) < 4.78 is 23.3. The van der Waals surface area contributed by atoms with Gasteiger partial charge in [0.1, 0.15) is 9.84 Å². The Labute approximate surface area is 128 Å². The molecule has 5 nitrogen and oxygen atoms in total. The Bertz CT molecular complexity index is 440. The molecule has 0 aromatic heterocycles. The molecular weight excluding hydrogens is 286 g/mol. The van der Waals surface area contributed by atoms with Crippen molar-refractivity contribution >= 4 is 9.84 Å². The van der Waals surface area contributed by atoms with Crippen molar-refractivity contribution in [2.45, 2.75) is 56.0 Å². The van der Waals surface area contributed by atoms with Gasteiger partial charge in [-0.25, -0.2) is 8.42 Å². The zero-order chi connectivity index (χ0) is 14.9. The molecule has 6 heteroatoms. The van der Waals surface area contributed by atoms with Crippen molar-refractivity contribution in [1.82, 2.24) is 15.5 Å². The van der Waals surface area contributed by atoms with Gasteiger partial charge in [-0.1, -0.05) is 0 Å². The summed E-state index contributed by atoms with van der Waals surface area (Å²) >= 11 is 0. The van der Waals surface area contributed by atoms with E-state index in [-0.39, 0.29) is 5.25 Å². The van der Waals surface area contributed by atoms with Gasteiger partial charge in [0.2, 0.25) is 0 Å². The molecule has 0 spiro atoms. The predicted molar refractivity (Wildman–Crippen MR) is 85.0 cm³/mol. The van der Waals surface area contributed by atoms with Crippen molar-refractivity contribution in [1.29, 1.82) is 0 Å². The van der Waals surface area contributed by atoms with Gasteiger partial charge in [0.15, 0.2) is 0 Å². The summed E-state index contributed by atoms with van der Waals surface area (Å²) in [5.74, 6) is 0.626. The molecule has 2 unspecified atom stereocenters. The molecule has 2 saturated heterocycles. The molecule has 3 aliphatic rings. The zero-order valence-corrected chi connectivity index (χ0v) is 13.9. The van der Waals surface area contributed by atoms with E-state index in [2.05, 4.69) is 15.5 Å². The molecule has 122 valence electrons. The van der Waals surface area contributed by atoms with Crippen LogP contribution in [0.4, 0.5) is 0 Å². The number of nitrogens with one attached hydrogen (secondary N) is 2. The van der Waals surface area contributed by atoms with E-state index in [1.807, 2.05) is 0 Å². The summed E-state index contributed by atoms with van der Waals surface area (Å²) in [6.45, 7) is 4.49. The molecule has 1 aliphatic carbocycles. The minimum atomic E-state index is -2.85. The zero-order valence-electron chi connectivity index (χ0n) is 13.1. The van der Waals surface area contributed by atoms with Crippen LogP contribution in [0.3, 0.4) is 0 Å². The maximum atomic E-state index is 11.7. The lowest BCUT2D eigenvalue weighted by molar-refractivity contribution is 0.123. The monoisotopic (exact) mass is 315 g/mol. The highest BCUT2D eigenvalue weighted by Crippen LogP contribution is 2.31. The van der Waals surface area contributed by atoms with Gasteiger partial charge >= 0.3 is 0 Å². The first-order valence-electron chi connectivity index (χ1n) is 8.44. The molecule has 2 atom stereocenters. The number of hydrogen-bond donors (Lipinski definition) is 2. The molecule has 0 bridgehead atoms. The van der Waals surface area contributed by atoms with Gasteiger partial charge < -0.3 is 5.32 Å². The lowest BCUT2D eigenvalue weighted by atomic mass is 9.83. The Morgan fingerprint density at radius 1 is 1.00 bits per heavy atom. The molecule has 0 aromatic rings. The van der Waals surface area contributed by atoms with Crippen molar-refractivity contribution in [2.75, 3.05) is 32.4 Å². The normalized spacial score (nSPS) is 39.5.